The molecule has 4 bridgehead atoms. The maximum Gasteiger partial charge on any atom is 0.333 e. The molecule has 0 aromatic carbocycles. The van der Waals surface area contributed by atoms with Crippen molar-refractivity contribution >= 4 is 23.9 Å². The average Bonchev–Trinajstić information content (AvgIpc) is 3.83. The predicted molar refractivity (Wildman–Crippen MR) is 168 cm³/mol. The van der Waals surface area contributed by atoms with Crippen LogP contribution in [0.4, 0.5) is 0 Å². The van der Waals surface area contributed by atoms with E-state index in [-0.39, 0.29) is 65.5 Å². The van der Waals surface area contributed by atoms with E-state index in [0.717, 1.165) is 56.3 Å². The van der Waals surface area contributed by atoms with Gasteiger partial charge >= 0.3 is 23.9 Å². The molecular formula is C37H54O8. The number of carbonyl (C=O) groups is 4. The van der Waals surface area contributed by atoms with Crippen LogP contribution >= 0.6 is 0 Å². The van der Waals surface area contributed by atoms with E-state index in [2.05, 4.69) is 20.1 Å². The lowest BCUT2D eigenvalue weighted by atomic mass is 9.80. The fourth-order valence-electron chi connectivity index (χ4n) is 9.55. The highest BCUT2D eigenvalue weighted by atomic mass is 16.6. The Morgan fingerprint density at radius 2 is 1.49 bits per heavy atom. The first-order chi connectivity index (χ1) is 21.3. The molecule has 10 atom stereocenters. The molecular weight excluding hydrogens is 572 g/mol. The zero-order valence-electron chi connectivity index (χ0n) is 28.0. The molecule has 0 spiro atoms. The van der Waals surface area contributed by atoms with Crippen LogP contribution in [0.15, 0.2) is 24.3 Å². The summed E-state index contributed by atoms with van der Waals surface area (Å²) in [4.78, 5) is 45.9. The van der Waals surface area contributed by atoms with Gasteiger partial charge in [0.1, 0.15) is 23.9 Å². The third-order valence-corrected chi connectivity index (χ3v) is 11.9. The van der Waals surface area contributed by atoms with Gasteiger partial charge < -0.3 is 18.9 Å². The molecule has 0 aromatic heterocycles. The van der Waals surface area contributed by atoms with Crippen molar-refractivity contribution in [3.05, 3.63) is 24.3 Å². The minimum absolute atomic E-state index is 0.00657. The number of rotatable bonds is 7. The van der Waals surface area contributed by atoms with Gasteiger partial charge in [0, 0.05) is 23.0 Å². The van der Waals surface area contributed by atoms with Gasteiger partial charge in [-0.3, -0.25) is 9.59 Å². The summed E-state index contributed by atoms with van der Waals surface area (Å²) in [5.74, 6) is 3.42. The highest BCUT2D eigenvalue weighted by molar-refractivity contribution is 5.87. The smallest absolute Gasteiger partial charge is 0.333 e. The Balaban J connectivity index is 0.000000135. The number of hydrogen-bond acceptors (Lipinski definition) is 8. The molecule has 8 nitrogen and oxygen atoms in total. The van der Waals surface area contributed by atoms with Crippen LogP contribution in [0.1, 0.15) is 112 Å². The largest absolute Gasteiger partial charge is 0.462 e. The zero-order chi connectivity index (χ0) is 32.6. The Bertz CT molecular complexity index is 1180. The summed E-state index contributed by atoms with van der Waals surface area (Å²) >= 11 is 0. The molecule has 7 rings (SSSR count). The predicted octanol–water partition coefficient (Wildman–Crippen LogP) is 6.89. The monoisotopic (exact) mass is 626 g/mol. The number of esters is 4. The fraction of sp³-hybridized carbons (Fsp3) is 0.784. The quantitative estimate of drug-likeness (QED) is 0.171. The second-order valence-electron chi connectivity index (χ2n) is 15.3. The molecule has 10 unspecified atom stereocenters. The van der Waals surface area contributed by atoms with E-state index in [1.54, 1.807) is 13.8 Å². The van der Waals surface area contributed by atoms with Crippen molar-refractivity contribution < 1.29 is 38.1 Å². The Labute approximate surface area is 269 Å². The fourth-order valence-corrected chi connectivity index (χ4v) is 9.55. The number of fused-ring (bicyclic) bond motifs is 6. The molecule has 7 aliphatic rings. The molecule has 1 aliphatic heterocycles. The Morgan fingerprint density at radius 3 is 2.11 bits per heavy atom. The lowest BCUT2D eigenvalue weighted by molar-refractivity contribution is -0.158. The molecule has 7 fully saturated rings. The SMILES string of the molecule is C=C(C)C(=O)OC1(CC)CCCC1.C=C(C)C(=O)OC1C2CC3C(=O)OC1C3C2.CC(C)C(=O)OC1CC2CC1C1CCCC21. The van der Waals surface area contributed by atoms with Crippen LogP contribution in [0.3, 0.4) is 0 Å². The van der Waals surface area contributed by atoms with E-state index < -0.39 is 0 Å². The van der Waals surface area contributed by atoms with Crippen LogP contribution in [0.5, 0.6) is 0 Å². The molecule has 8 heteroatoms. The molecule has 0 amide bonds. The maximum atomic E-state index is 11.6. The van der Waals surface area contributed by atoms with Gasteiger partial charge in [-0.2, -0.15) is 0 Å². The first-order valence-corrected chi connectivity index (χ1v) is 17.5. The summed E-state index contributed by atoms with van der Waals surface area (Å²) < 4.78 is 21.8. The van der Waals surface area contributed by atoms with Crippen LogP contribution in [0, 0.1) is 47.3 Å². The van der Waals surface area contributed by atoms with Gasteiger partial charge in [0.15, 0.2) is 0 Å². The van der Waals surface area contributed by atoms with Gasteiger partial charge in [0.25, 0.3) is 0 Å². The van der Waals surface area contributed by atoms with Gasteiger partial charge in [-0.15, -0.1) is 0 Å². The van der Waals surface area contributed by atoms with Crippen LogP contribution in [-0.2, 0) is 38.1 Å². The third kappa shape index (κ3) is 6.90. The molecule has 6 aliphatic carbocycles. The summed E-state index contributed by atoms with van der Waals surface area (Å²) in [5, 5.41) is 0. The molecule has 1 heterocycles. The van der Waals surface area contributed by atoms with E-state index in [4.69, 9.17) is 18.9 Å². The van der Waals surface area contributed by atoms with Gasteiger partial charge in [0.2, 0.25) is 0 Å². The maximum absolute atomic E-state index is 11.6. The highest BCUT2D eigenvalue weighted by Gasteiger charge is 2.63. The van der Waals surface area contributed by atoms with Crippen molar-refractivity contribution in [2.45, 2.75) is 136 Å². The molecule has 0 aromatic rings. The summed E-state index contributed by atoms with van der Waals surface area (Å²) in [6.45, 7) is 16.4. The lowest BCUT2D eigenvalue weighted by Crippen LogP contribution is -2.36. The van der Waals surface area contributed by atoms with Crippen molar-refractivity contribution in [2.75, 3.05) is 0 Å². The van der Waals surface area contributed by atoms with Gasteiger partial charge in [-0.1, -0.05) is 40.3 Å². The second-order valence-corrected chi connectivity index (χ2v) is 15.3. The van der Waals surface area contributed by atoms with Crippen molar-refractivity contribution in [3.63, 3.8) is 0 Å². The third-order valence-electron chi connectivity index (χ3n) is 11.9. The standard InChI is InChI=1S/C14H22O2.C12H14O4.C11H18O2/c1-8(2)14(15)16-13-7-9-6-12(13)11-5-3-4-10(9)11;1-5(2)11(13)15-9-6-3-7-8(4-6)12(14)16-10(7)9;1-4-11(7-5-6-8-11)13-10(12)9(2)3/h8-13H,3-7H2,1-2H3;6-10H,1,3-4H2,2H3;2,4-8H2,1,3H3. The van der Waals surface area contributed by atoms with Crippen molar-refractivity contribution in [1.82, 2.24) is 0 Å². The second kappa shape index (κ2) is 13.6. The topological polar surface area (TPSA) is 105 Å². The molecule has 45 heavy (non-hydrogen) atoms. The van der Waals surface area contributed by atoms with Crippen molar-refractivity contribution in [1.29, 1.82) is 0 Å². The lowest BCUT2D eigenvalue weighted by Gasteiger charge is -2.31. The number of hydrogen-bond donors (Lipinski definition) is 0. The van der Waals surface area contributed by atoms with Crippen molar-refractivity contribution in [2.24, 2.45) is 47.3 Å². The van der Waals surface area contributed by atoms with Crippen LogP contribution in [-0.4, -0.2) is 47.8 Å². The van der Waals surface area contributed by atoms with E-state index >= 15 is 0 Å². The average molecular weight is 627 g/mol. The van der Waals surface area contributed by atoms with Gasteiger partial charge in [-0.25, -0.2) is 9.59 Å². The number of ether oxygens (including phenoxy) is 4. The van der Waals surface area contributed by atoms with Crippen LogP contribution in [0.2, 0.25) is 0 Å². The first-order valence-electron chi connectivity index (χ1n) is 17.5. The molecule has 0 radical (unpaired) electrons. The van der Waals surface area contributed by atoms with Gasteiger partial charge in [0.05, 0.1) is 11.8 Å². The zero-order valence-corrected chi connectivity index (χ0v) is 28.0. The summed E-state index contributed by atoms with van der Waals surface area (Å²) in [7, 11) is 0. The minimum Gasteiger partial charge on any atom is -0.462 e. The molecule has 250 valence electrons. The Kier molecular flexibility index (Phi) is 10.2. The Morgan fingerprint density at radius 1 is 0.844 bits per heavy atom. The van der Waals surface area contributed by atoms with E-state index in [0.29, 0.717) is 23.0 Å². The number of carbonyl (C=O) groups excluding carboxylic acids is 4. The highest BCUT2D eigenvalue weighted by Crippen LogP contribution is 2.59. The molecule has 1 saturated heterocycles. The van der Waals surface area contributed by atoms with E-state index in [9.17, 15) is 19.2 Å². The first kappa shape index (κ1) is 33.7. The summed E-state index contributed by atoms with van der Waals surface area (Å²) in [6.07, 6.45) is 13.6. The normalized spacial score (nSPS) is 37.2. The van der Waals surface area contributed by atoms with Gasteiger partial charge in [-0.05, 0) is 108 Å². The van der Waals surface area contributed by atoms with E-state index in [1.165, 1.54) is 38.5 Å². The van der Waals surface area contributed by atoms with E-state index in [1.807, 2.05) is 13.8 Å². The minimum atomic E-state index is -0.378. The molecule has 6 saturated carbocycles. The van der Waals surface area contributed by atoms with Crippen molar-refractivity contribution in [3.8, 4) is 0 Å². The van der Waals surface area contributed by atoms with Crippen LogP contribution < -0.4 is 0 Å². The Hall–Kier alpha value is -2.64. The van der Waals surface area contributed by atoms with Crippen LogP contribution in [0.25, 0.3) is 0 Å². The summed E-state index contributed by atoms with van der Waals surface area (Å²) in [5.41, 5.74) is 0.721. The molecule has 0 N–H and O–H groups in total. The summed E-state index contributed by atoms with van der Waals surface area (Å²) in [6, 6.07) is 0.